The van der Waals surface area contributed by atoms with Crippen LogP contribution >= 0.6 is 11.3 Å². The Kier molecular flexibility index (Phi) is 8.39. The molecule has 0 saturated heterocycles. The highest BCUT2D eigenvalue weighted by Gasteiger charge is 2.20. The number of methoxy groups -OCH3 is 1. The number of anilines is 1. The van der Waals surface area contributed by atoms with E-state index in [9.17, 15) is 4.79 Å². The molecule has 6 heteroatoms. The molecule has 0 fully saturated rings. The highest BCUT2D eigenvalue weighted by Crippen LogP contribution is 2.34. The van der Waals surface area contributed by atoms with E-state index >= 15 is 0 Å². The summed E-state index contributed by atoms with van der Waals surface area (Å²) in [4.78, 5) is 14.7. The Labute approximate surface area is 205 Å². The second kappa shape index (κ2) is 11.9. The fourth-order valence-electron chi connectivity index (χ4n) is 4.04. The molecule has 0 atom stereocenters. The number of fused-ring (bicyclic) bond motifs is 1. The molecule has 3 aromatic rings. The van der Waals surface area contributed by atoms with Gasteiger partial charge in [-0.3, -0.25) is 0 Å². The summed E-state index contributed by atoms with van der Waals surface area (Å²) in [5.41, 5.74) is 6.31. The highest BCUT2D eigenvalue weighted by atomic mass is 32.1. The summed E-state index contributed by atoms with van der Waals surface area (Å²) in [6, 6.07) is 16.7. The number of thiophene rings is 1. The van der Waals surface area contributed by atoms with Crippen LogP contribution < -0.4 is 9.64 Å². The first-order valence-corrected chi connectivity index (χ1v) is 12.6. The van der Waals surface area contributed by atoms with Gasteiger partial charge in [0.05, 0.1) is 13.7 Å². The zero-order valence-electron chi connectivity index (χ0n) is 19.8. The summed E-state index contributed by atoms with van der Waals surface area (Å²) < 4.78 is 16.3. The molecule has 0 spiro atoms. The average Bonchev–Trinajstić information content (AvgIpc) is 3.31. The molecule has 1 aromatic heterocycles. The van der Waals surface area contributed by atoms with E-state index in [1.54, 1.807) is 11.3 Å². The number of ether oxygens (including phenoxy) is 3. The molecule has 2 heterocycles. The van der Waals surface area contributed by atoms with E-state index in [0.29, 0.717) is 25.2 Å². The van der Waals surface area contributed by atoms with Gasteiger partial charge in [0.1, 0.15) is 12.4 Å². The minimum absolute atomic E-state index is 0.266. The number of carbonyl (C=O) groups is 1. The van der Waals surface area contributed by atoms with E-state index < -0.39 is 0 Å². The van der Waals surface area contributed by atoms with Crippen molar-refractivity contribution in [3.63, 3.8) is 0 Å². The minimum atomic E-state index is -0.266. The third-order valence-electron chi connectivity index (χ3n) is 5.78. The number of carbonyl (C=O) groups excluding carboxylic acids is 1. The van der Waals surface area contributed by atoms with E-state index in [1.165, 1.54) is 12.7 Å². The van der Waals surface area contributed by atoms with Gasteiger partial charge in [-0.05, 0) is 82.3 Å². The quantitative estimate of drug-likeness (QED) is 0.257. The maximum atomic E-state index is 12.4. The van der Waals surface area contributed by atoms with E-state index in [4.69, 9.17) is 14.2 Å². The van der Waals surface area contributed by atoms with Crippen molar-refractivity contribution in [2.75, 3.05) is 38.4 Å². The Morgan fingerprint density at radius 1 is 1.03 bits per heavy atom. The van der Waals surface area contributed by atoms with Crippen molar-refractivity contribution in [2.24, 2.45) is 0 Å². The van der Waals surface area contributed by atoms with Crippen LogP contribution in [0.25, 0.3) is 17.2 Å². The topological polar surface area (TPSA) is 48.0 Å². The number of hydrogen-bond donors (Lipinski definition) is 0. The first kappa shape index (κ1) is 24.0. The van der Waals surface area contributed by atoms with Crippen molar-refractivity contribution in [1.29, 1.82) is 0 Å². The van der Waals surface area contributed by atoms with Crippen molar-refractivity contribution >= 4 is 29.1 Å². The van der Waals surface area contributed by atoms with Crippen LogP contribution in [0.5, 0.6) is 5.75 Å². The number of rotatable bonds is 10. The molecule has 4 rings (SSSR count). The van der Waals surface area contributed by atoms with E-state index in [-0.39, 0.29) is 5.97 Å². The predicted octanol–water partition coefficient (Wildman–Crippen LogP) is 6.19. The summed E-state index contributed by atoms with van der Waals surface area (Å²) in [5.74, 6) is 0.562. The van der Waals surface area contributed by atoms with Gasteiger partial charge in [0.25, 0.3) is 0 Å². The average molecular weight is 478 g/mol. The molecule has 0 radical (unpaired) electrons. The van der Waals surface area contributed by atoms with Crippen molar-refractivity contribution in [1.82, 2.24) is 0 Å². The lowest BCUT2D eigenvalue weighted by Crippen LogP contribution is -2.24. The molecule has 0 amide bonds. The first-order chi connectivity index (χ1) is 16.7. The lowest BCUT2D eigenvalue weighted by atomic mass is 10.00. The summed E-state index contributed by atoms with van der Waals surface area (Å²) in [5, 5.41) is 4.27. The van der Waals surface area contributed by atoms with Crippen LogP contribution in [0, 0.1) is 0 Å². The normalized spacial score (nSPS) is 13.1. The number of nitrogens with zero attached hydrogens (tertiary/aromatic N) is 1. The fraction of sp³-hybridized carbons (Fsp3) is 0.321. The zero-order chi connectivity index (χ0) is 23.8. The Hall–Kier alpha value is -3.09. The smallest absolute Gasteiger partial charge is 0.333 e. The van der Waals surface area contributed by atoms with Crippen LogP contribution in [0.3, 0.4) is 0 Å². The number of hydrogen-bond acceptors (Lipinski definition) is 6. The molecule has 178 valence electrons. The molecule has 0 N–H and O–H groups in total. The lowest BCUT2D eigenvalue weighted by molar-refractivity contribution is -0.136. The molecular weight excluding hydrogens is 446 g/mol. The first-order valence-electron chi connectivity index (χ1n) is 11.7. The van der Waals surface area contributed by atoms with E-state index in [1.807, 2.05) is 18.2 Å². The van der Waals surface area contributed by atoms with Crippen molar-refractivity contribution in [3.05, 3.63) is 76.0 Å². The van der Waals surface area contributed by atoms with E-state index in [0.717, 1.165) is 54.2 Å². The van der Waals surface area contributed by atoms with Crippen molar-refractivity contribution < 1.29 is 19.0 Å². The molecule has 0 bridgehead atoms. The molecule has 2 aromatic carbocycles. The van der Waals surface area contributed by atoms with Gasteiger partial charge in [-0.15, -0.1) is 0 Å². The molecule has 1 aliphatic heterocycles. The maximum Gasteiger partial charge on any atom is 0.333 e. The second-order valence-electron chi connectivity index (χ2n) is 8.22. The van der Waals surface area contributed by atoms with Crippen LogP contribution in [0.2, 0.25) is 0 Å². The molecule has 0 aliphatic carbocycles. The number of esters is 1. The second-order valence-corrected chi connectivity index (χ2v) is 9.00. The largest absolute Gasteiger partial charge is 0.491 e. The van der Waals surface area contributed by atoms with Crippen LogP contribution in [0.1, 0.15) is 30.9 Å². The van der Waals surface area contributed by atoms with Gasteiger partial charge in [0, 0.05) is 31.0 Å². The Balaban J connectivity index is 1.56. The van der Waals surface area contributed by atoms with E-state index in [2.05, 4.69) is 59.0 Å². The fourth-order valence-corrected chi connectivity index (χ4v) is 4.70. The monoisotopic (exact) mass is 477 g/mol. The van der Waals surface area contributed by atoms with Crippen LogP contribution in [0.15, 0.2) is 64.9 Å². The van der Waals surface area contributed by atoms with Gasteiger partial charge in [-0.25, -0.2) is 4.79 Å². The maximum absolute atomic E-state index is 12.4. The van der Waals surface area contributed by atoms with Gasteiger partial charge in [0.15, 0.2) is 0 Å². The summed E-state index contributed by atoms with van der Waals surface area (Å²) in [6.45, 7) is 5.56. The van der Waals surface area contributed by atoms with Crippen LogP contribution in [-0.2, 0) is 20.8 Å². The lowest BCUT2D eigenvalue weighted by Gasteiger charge is -2.25. The Bertz CT molecular complexity index is 1110. The van der Waals surface area contributed by atoms with Crippen LogP contribution in [0.4, 0.5) is 5.69 Å². The van der Waals surface area contributed by atoms with Gasteiger partial charge in [-0.1, -0.05) is 25.1 Å². The van der Waals surface area contributed by atoms with Crippen LogP contribution in [-0.4, -0.2) is 39.4 Å². The van der Waals surface area contributed by atoms with Gasteiger partial charge in [-0.2, -0.15) is 11.3 Å². The number of benzene rings is 2. The SMILES string of the molecule is CCCOCCOc1ccc(-c2ccc3c(c2)C=C(C(=O)OC)CCN3Cc2ccsc2)cc1. The predicted molar refractivity (Wildman–Crippen MR) is 138 cm³/mol. The summed E-state index contributed by atoms with van der Waals surface area (Å²) in [6.07, 6.45) is 3.64. The van der Waals surface area contributed by atoms with Gasteiger partial charge < -0.3 is 19.1 Å². The summed E-state index contributed by atoms with van der Waals surface area (Å²) in [7, 11) is 1.44. The molecular formula is C28H31NO4S. The minimum Gasteiger partial charge on any atom is -0.491 e. The third kappa shape index (κ3) is 6.07. The standard InChI is InChI=1S/C28H31NO4S/c1-3-13-32-14-15-33-26-7-4-22(5-8-26)23-6-9-27-25(17-23)18-24(28(30)31-2)10-12-29(27)19-21-11-16-34-20-21/h4-9,11,16-18,20H,3,10,12-15,19H2,1-2H3. The molecule has 1 aliphatic rings. The highest BCUT2D eigenvalue weighted by molar-refractivity contribution is 7.07. The molecule has 5 nitrogen and oxygen atoms in total. The molecule has 0 unspecified atom stereocenters. The molecule has 0 saturated carbocycles. The van der Waals surface area contributed by atoms with Gasteiger partial charge >= 0.3 is 5.97 Å². The Morgan fingerprint density at radius 3 is 2.59 bits per heavy atom. The van der Waals surface area contributed by atoms with Crippen molar-refractivity contribution in [2.45, 2.75) is 26.3 Å². The van der Waals surface area contributed by atoms with Gasteiger partial charge in [0.2, 0.25) is 0 Å². The Morgan fingerprint density at radius 2 is 1.85 bits per heavy atom. The van der Waals surface area contributed by atoms with Crippen molar-refractivity contribution in [3.8, 4) is 16.9 Å². The summed E-state index contributed by atoms with van der Waals surface area (Å²) >= 11 is 1.70. The molecule has 34 heavy (non-hydrogen) atoms. The zero-order valence-corrected chi connectivity index (χ0v) is 20.6. The third-order valence-corrected chi connectivity index (χ3v) is 6.51.